The zero-order chi connectivity index (χ0) is 15.5. The molecule has 21 heavy (non-hydrogen) atoms. The molecule has 0 aliphatic heterocycles. The summed E-state index contributed by atoms with van der Waals surface area (Å²) in [7, 11) is 3.85. The van der Waals surface area contributed by atoms with Gasteiger partial charge in [-0.05, 0) is 31.0 Å². The van der Waals surface area contributed by atoms with Crippen molar-refractivity contribution in [1.82, 2.24) is 5.32 Å². The van der Waals surface area contributed by atoms with Crippen LogP contribution in [-0.4, -0.2) is 37.7 Å². The summed E-state index contributed by atoms with van der Waals surface area (Å²) < 4.78 is 0. The largest absolute Gasteiger partial charge is 0.481 e. The Hall–Kier alpha value is -2.24. The monoisotopic (exact) mass is 291 g/mol. The molecule has 0 spiro atoms. The maximum absolute atomic E-state index is 11.9. The Morgan fingerprint density at radius 2 is 2.05 bits per heavy atom. The van der Waals surface area contributed by atoms with Gasteiger partial charge in [-0.3, -0.25) is 4.79 Å². The predicted molar refractivity (Wildman–Crippen MR) is 81.7 cm³/mol. The molecule has 3 N–H and O–H groups in total. The first kappa shape index (κ1) is 15.2. The fraction of sp³-hybridized carbons (Fsp3) is 0.467. The lowest BCUT2D eigenvalue weighted by atomic mass is 9.69. The molecule has 0 heterocycles. The highest BCUT2D eigenvalue weighted by Crippen LogP contribution is 2.40. The summed E-state index contributed by atoms with van der Waals surface area (Å²) in [5.74, 6) is -0.830. The smallest absolute Gasteiger partial charge is 0.319 e. The van der Waals surface area contributed by atoms with Crippen LogP contribution in [0.15, 0.2) is 24.3 Å². The zero-order valence-corrected chi connectivity index (χ0v) is 12.3. The van der Waals surface area contributed by atoms with Gasteiger partial charge in [0.1, 0.15) is 0 Å². The summed E-state index contributed by atoms with van der Waals surface area (Å²) in [6, 6.07) is 7.07. The van der Waals surface area contributed by atoms with E-state index in [4.69, 9.17) is 0 Å². The number of nitrogens with one attached hydrogen (secondary N) is 2. The third-order valence-corrected chi connectivity index (χ3v) is 3.97. The highest BCUT2D eigenvalue weighted by Gasteiger charge is 2.44. The van der Waals surface area contributed by atoms with Gasteiger partial charge in [0.25, 0.3) is 0 Å². The van der Waals surface area contributed by atoms with Gasteiger partial charge in [0.05, 0.1) is 5.41 Å². The Morgan fingerprint density at radius 3 is 2.57 bits per heavy atom. The number of benzene rings is 1. The minimum Gasteiger partial charge on any atom is -0.481 e. The SMILES string of the molecule is CN(C)c1cccc(NC(=O)NCC2(C(=O)O)CCC2)c1. The van der Waals surface area contributed by atoms with E-state index in [1.807, 2.05) is 37.2 Å². The van der Waals surface area contributed by atoms with Crippen LogP contribution in [0.1, 0.15) is 19.3 Å². The summed E-state index contributed by atoms with van der Waals surface area (Å²) in [6.07, 6.45) is 2.15. The molecule has 0 saturated heterocycles. The van der Waals surface area contributed by atoms with Crippen LogP contribution >= 0.6 is 0 Å². The number of urea groups is 1. The minimum atomic E-state index is -0.830. The first-order chi connectivity index (χ1) is 9.93. The number of aliphatic carboxylic acids is 1. The number of carboxylic acid groups (broad SMARTS) is 1. The van der Waals surface area contributed by atoms with Gasteiger partial charge in [-0.15, -0.1) is 0 Å². The molecule has 0 unspecified atom stereocenters. The van der Waals surface area contributed by atoms with E-state index in [0.717, 1.165) is 12.1 Å². The van der Waals surface area contributed by atoms with Crippen LogP contribution in [0.3, 0.4) is 0 Å². The third kappa shape index (κ3) is 3.45. The second kappa shape index (κ2) is 6.03. The summed E-state index contributed by atoms with van der Waals surface area (Å²) in [5, 5.41) is 14.6. The van der Waals surface area contributed by atoms with E-state index in [9.17, 15) is 14.7 Å². The van der Waals surface area contributed by atoms with Crippen LogP contribution in [0.25, 0.3) is 0 Å². The molecule has 0 atom stereocenters. The van der Waals surface area contributed by atoms with E-state index in [0.29, 0.717) is 18.5 Å². The average Bonchev–Trinajstić information content (AvgIpc) is 2.37. The molecule has 2 rings (SSSR count). The van der Waals surface area contributed by atoms with Crippen LogP contribution in [0.5, 0.6) is 0 Å². The first-order valence-electron chi connectivity index (χ1n) is 6.99. The lowest BCUT2D eigenvalue weighted by Gasteiger charge is -2.37. The number of hydrogen-bond acceptors (Lipinski definition) is 3. The van der Waals surface area contributed by atoms with E-state index in [2.05, 4.69) is 10.6 Å². The average molecular weight is 291 g/mol. The molecule has 0 aromatic heterocycles. The minimum absolute atomic E-state index is 0.168. The number of carboxylic acids is 1. The van der Waals surface area contributed by atoms with Gasteiger partial charge in [-0.1, -0.05) is 12.5 Å². The van der Waals surface area contributed by atoms with Gasteiger partial charge in [-0.2, -0.15) is 0 Å². The summed E-state index contributed by atoms with van der Waals surface area (Å²) in [4.78, 5) is 25.0. The van der Waals surface area contributed by atoms with Crippen molar-refractivity contribution in [2.45, 2.75) is 19.3 Å². The maximum Gasteiger partial charge on any atom is 0.319 e. The van der Waals surface area contributed by atoms with Crippen molar-refractivity contribution in [3.63, 3.8) is 0 Å². The molecule has 1 aromatic carbocycles. The normalized spacial score (nSPS) is 15.7. The van der Waals surface area contributed by atoms with Crippen LogP contribution in [0, 0.1) is 5.41 Å². The first-order valence-corrected chi connectivity index (χ1v) is 6.99. The molecular formula is C15H21N3O3. The van der Waals surface area contributed by atoms with Crippen molar-refractivity contribution >= 4 is 23.4 Å². The molecule has 114 valence electrons. The number of carbonyl (C=O) groups is 2. The van der Waals surface area contributed by atoms with Crippen molar-refractivity contribution < 1.29 is 14.7 Å². The van der Waals surface area contributed by atoms with Crippen LogP contribution in [-0.2, 0) is 4.79 Å². The van der Waals surface area contributed by atoms with E-state index >= 15 is 0 Å². The lowest BCUT2D eigenvalue weighted by molar-refractivity contribution is -0.153. The Balaban J connectivity index is 1.90. The molecule has 1 saturated carbocycles. The van der Waals surface area contributed by atoms with Gasteiger partial charge in [0, 0.05) is 32.0 Å². The van der Waals surface area contributed by atoms with Gasteiger partial charge < -0.3 is 20.6 Å². The summed E-state index contributed by atoms with van der Waals surface area (Å²) in [6.45, 7) is 0.168. The molecular weight excluding hydrogens is 270 g/mol. The number of hydrogen-bond donors (Lipinski definition) is 3. The summed E-state index contributed by atoms with van der Waals surface area (Å²) >= 11 is 0. The highest BCUT2D eigenvalue weighted by molar-refractivity contribution is 5.90. The quantitative estimate of drug-likeness (QED) is 0.776. The molecule has 1 aliphatic rings. The number of amides is 2. The molecule has 1 fully saturated rings. The van der Waals surface area contributed by atoms with Crippen molar-refractivity contribution in [3.05, 3.63) is 24.3 Å². The van der Waals surface area contributed by atoms with Crippen LogP contribution in [0.4, 0.5) is 16.2 Å². The second-order valence-electron chi connectivity index (χ2n) is 5.69. The van der Waals surface area contributed by atoms with Crippen molar-refractivity contribution in [3.8, 4) is 0 Å². The van der Waals surface area contributed by atoms with Gasteiger partial charge >= 0.3 is 12.0 Å². The van der Waals surface area contributed by atoms with E-state index in [1.165, 1.54) is 0 Å². The third-order valence-electron chi connectivity index (χ3n) is 3.97. The zero-order valence-electron chi connectivity index (χ0n) is 12.3. The van der Waals surface area contributed by atoms with E-state index < -0.39 is 11.4 Å². The molecule has 2 amide bonds. The number of anilines is 2. The highest BCUT2D eigenvalue weighted by atomic mass is 16.4. The topological polar surface area (TPSA) is 81.7 Å². The lowest BCUT2D eigenvalue weighted by Crippen LogP contribution is -2.48. The Bertz CT molecular complexity index is 539. The molecule has 6 nitrogen and oxygen atoms in total. The van der Waals surface area contributed by atoms with Crippen LogP contribution in [0.2, 0.25) is 0 Å². The Labute approximate surface area is 124 Å². The molecule has 6 heteroatoms. The summed E-state index contributed by atoms with van der Waals surface area (Å²) in [5.41, 5.74) is 0.883. The number of nitrogens with zero attached hydrogens (tertiary/aromatic N) is 1. The number of carbonyl (C=O) groups excluding carboxylic acids is 1. The van der Waals surface area contributed by atoms with Crippen molar-refractivity contribution in [2.24, 2.45) is 5.41 Å². The van der Waals surface area contributed by atoms with Gasteiger partial charge in [-0.25, -0.2) is 4.79 Å². The van der Waals surface area contributed by atoms with Crippen LogP contribution < -0.4 is 15.5 Å². The number of rotatable bonds is 5. The fourth-order valence-corrected chi connectivity index (χ4v) is 2.36. The van der Waals surface area contributed by atoms with Crippen molar-refractivity contribution in [2.75, 3.05) is 30.9 Å². The van der Waals surface area contributed by atoms with Crippen molar-refractivity contribution in [1.29, 1.82) is 0 Å². The van der Waals surface area contributed by atoms with E-state index in [-0.39, 0.29) is 12.6 Å². The fourth-order valence-electron chi connectivity index (χ4n) is 2.36. The maximum atomic E-state index is 11.9. The standard InChI is InChI=1S/C15H21N3O3/c1-18(2)12-6-3-5-11(9-12)17-14(21)16-10-15(13(19)20)7-4-8-15/h3,5-6,9H,4,7-8,10H2,1-2H3,(H,19,20)(H2,16,17,21). The Morgan fingerprint density at radius 1 is 1.33 bits per heavy atom. The second-order valence-corrected chi connectivity index (χ2v) is 5.69. The molecule has 1 aromatic rings. The van der Waals surface area contributed by atoms with Gasteiger partial charge in [0.2, 0.25) is 0 Å². The van der Waals surface area contributed by atoms with E-state index in [1.54, 1.807) is 6.07 Å². The predicted octanol–water partition coefficient (Wildman–Crippen LogP) is 2.13. The molecule has 0 bridgehead atoms. The van der Waals surface area contributed by atoms with Gasteiger partial charge in [0.15, 0.2) is 0 Å². The Kier molecular flexibility index (Phi) is 4.35. The molecule has 0 radical (unpaired) electrons. The molecule has 1 aliphatic carbocycles.